The van der Waals surface area contributed by atoms with Crippen molar-refractivity contribution in [2.45, 2.75) is 25.7 Å². The molecule has 2 aliphatic rings. The van der Waals surface area contributed by atoms with Crippen molar-refractivity contribution < 1.29 is 9.18 Å². The molecule has 6 heteroatoms. The molecule has 0 saturated heterocycles. The predicted octanol–water partition coefficient (Wildman–Crippen LogP) is 4.85. The van der Waals surface area contributed by atoms with Crippen LogP contribution in [0.4, 0.5) is 4.39 Å². The Labute approximate surface area is 142 Å². The van der Waals surface area contributed by atoms with Crippen molar-refractivity contribution in [1.29, 1.82) is 0 Å². The Morgan fingerprint density at radius 2 is 2.26 bits per heavy atom. The largest absolute Gasteiger partial charge is 0.282 e. The SMILES string of the molecule is O=C(NN=C[C@@H]1C[C@H]2CC[C@H]1C2)c1sc2cc(F)ccc2c1Cl. The molecule has 0 unspecified atom stereocenters. The van der Waals surface area contributed by atoms with Crippen LogP contribution in [0, 0.1) is 23.6 Å². The molecule has 1 aromatic carbocycles. The van der Waals surface area contributed by atoms with E-state index in [4.69, 9.17) is 11.6 Å². The highest BCUT2D eigenvalue weighted by atomic mass is 35.5. The lowest BCUT2D eigenvalue weighted by molar-refractivity contribution is 0.0959. The van der Waals surface area contributed by atoms with E-state index in [-0.39, 0.29) is 11.7 Å². The van der Waals surface area contributed by atoms with Crippen LogP contribution in [0.15, 0.2) is 23.3 Å². The molecule has 3 nitrogen and oxygen atoms in total. The molecule has 2 fully saturated rings. The monoisotopic (exact) mass is 350 g/mol. The van der Waals surface area contributed by atoms with E-state index < -0.39 is 0 Å². The van der Waals surface area contributed by atoms with Gasteiger partial charge >= 0.3 is 0 Å². The number of benzene rings is 1. The molecule has 1 heterocycles. The van der Waals surface area contributed by atoms with Gasteiger partial charge in [-0.25, -0.2) is 9.82 Å². The molecule has 23 heavy (non-hydrogen) atoms. The van der Waals surface area contributed by atoms with Gasteiger partial charge in [0.1, 0.15) is 10.7 Å². The number of rotatable bonds is 3. The topological polar surface area (TPSA) is 41.5 Å². The quantitative estimate of drug-likeness (QED) is 0.624. The van der Waals surface area contributed by atoms with Crippen molar-refractivity contribution >= 4 is 45.1 Å². The summed E-state index contributed by atoms with van der Waals surface area (Å²) in [4.78, 5) is 12.6. The number of carbonyl (C=O) groups excluding carboxylic acids is 1. The molecule has 2 aromatic rings. The van der Waals surface area contributed by atoms with Gasteiger partial charge in [0.2, 0.25) is 0 Å². The van der Waals surface area contributed by atoms with Crippen molar-refractivity contribution in [3.05, 3.63) is 33.9 Å². The number of nitrogens with one attached hydrogen (secondary N) is 1. The van der Waals surface area contributed by atoms with Gasteiger partial charge in [0, 0.05) is 16.3 Å². The number of amides is 1. The van der Waals surface area contributed by atoms with E-state index in [9.17, 15) is 9.18 Å². The fraction of sp³-hybridized carbons (Fsp3) is 0.412. The highest BCUT2D eigenvalue weighted by Gasteiger charge is 2.38. The third-order valence-electron chi connectivity index (χ3n) is 5.02. The molecule has 1 aromatic heterocycles. The summed E-state index contributed by atoms with van der Waals surface area (Å²) in [5.74, 6) is 1.39. The molecule has 0 aliphatic heterocycles. The maximum Gasteiger partial charge on any atom is 0.282 e. The molecule has 0 spiro atoms. The lowest BCUT2D eigenvalue weighted by Crippen LogP contribution is -2.19. The fourth-order valence-corrected chi connectivity index (χ4v) is 5.34. The van der Waals surface area contributed by atoms with Crippen LogP contribution < -0.4 is 5.43 Å². The summed E-state index contributed by atoms with van der Waals surface area (Å²) in [5.41, 5.74) is 2.56. The average Bonchev–Trinajstić information content (AvgIpc) is 3.22. The highest BCUT2D eigenvalue weighted by molar-refractivity contribution is 7.21. The maximum absolute atomic E-state index is 13.3. The molecule has 1 N–H and O–H groups in total. The van der Waals surface area contributed by atoms with Crippen LogP contribution in [-0.2, 0) is 0 Å². The first kappa shape index (κ1) is 15.1. The van der Waals surface area contributed by atoms with Crippen LogP contribution in [0.5, 0.6) is 0 Å². The second-order valence-electron chi connectivity index (χ2n) is 6.44. The number of hydrazone groups is 1. The second kappa shape index (κ2) is 5.87. The molecule has 120 valence electrons. The molecule has 4 rings (SSSR count). The van der Waals surface area contributed by atoms with E-state index in [2.05, 4.69) is 10.5 Å². The van der Waals surface area contributed by atoms with Gasteiger partial charge in [-0.2, -0.15) is 5.10 Å². The summed E-state index contributed by atoms with van der Waals surface area (Å²) in [6.07, 6.45) is 6.99. The van der Waals surface area contributed by atoms with Crippen LogP contribution in [0.2, 0.25) is 5.02 Å². The van der Waals surface area contributed by atoms with Crippen LogP contribution in [0.25, 0.3) is 10.1 Å². The second-order valence-corrected chi connectivity index (χ2v) is 7.87. The van der Waals surface area contributed by atoms with Gasteiger partial charge in [-0.1, -0.05) is 18.0 Å². The van der Waals surface area contributed by atoms with E-state index in [0.717, 1.165) is 11.8 Å². The Bertz CT molecular complexity index is 803. The minimum Gasteiger partial charge on any atom is -0.266 e. The summed E-state index contributed by atoms with van der Waals surface area (Å²) in [5, 5.41) is 5.18. The minimum atomic E-state index is -0.337. The molecule has 3 atom stereocenters. The molecule has 2 aliphatic carbocycles. The summed E-state index contributed by atoms with van der Waals surface area (Å²) >= 11 is 7.42. The smallest absolute Gasteiger partial charge is 0.266 e. The molecular formula is C17H16ClFN2OS. The maximum atomic E-state index is 13.3. The van der Waals surface area contributed by atoms with Gasteiger partial charge in [-0.3, -0.25) is 4.79 Å². The van der Waals surface area contributed by atoms with Crippen LogP contribution in [-0.4, -0.2) is 12.1 Å². The van der Waals surface area contributed by atoms with Gasteiger partial charge in [-0.05, 0) is 55.2 Å². The predicted molar refractivity (Wildman–Crippen MR) is 91.7 cm³/mol. The molecular weight excluding hydrogens is 335 g/mol. The standard InChI is InChI=1S/C17H16ClFN2OS/c18-15-13-4-3-12(19)7-14(13)23-16(15)17(22)21-20-8-11-6-9-1-2-10(11)5-9/h3-4,7-11H,1-2,5-6H2,(H,21,22)/t9-,10-,11-/m0/s1. The van der Waals surface area contributed by atoms with Crippen LogP contribution in [0.3, 0.4) is 0 Å². The normalized spacial score (nSPS) is 26.4. The average molecular weight is 351 g/mol. The van der Waals surface area contributed by atoms with Crippen molar-refractivity contribution in [3.63, 3.8) is 0 Å². The fourth-order valence-electron chi connectivity index (χ4n) is 3.90. The Kier molecular flexibility index (Phi) is 3.85. The van der Waals surface area contributed by atoms with E-state index >= 15 is 0 Å². The number of hydrogen-bond acceptors (Lipinski definition) is 3. The lowest BCUT2D eigenvalue weighted by atomic mass is 9.90. The third-order valence-corrected chi connectivity index (χ3v) is 6.68. The highest BCUT2D eigenvalue weighted by Crippen LogP contribution is 2.47. The van der Waals surface area contributed by atoms with Crippen molar-refractivity contribution in [2.75, 3.05) is 0 Å². The van der Waals surface area contributed by atoms with Gasteiger partial charge in [-0.15, -0.1) is 11.3 Å². The lowest BCUT2D eigenvalue weighted by Gasteiger charge is -2.16. The van der Waals surface area contributed by atoms with Gasteiger partial charge < -0.3 is 0 Å². The zero-order valence-corrected chi connectivity index (χ0v) is 14.0. The Morgan fingerprint density at radius 3 is 3.00 bits per heavy atom. The first-order valence-corrected chi connectivity index (χ1v) is 9.02. The van der Waals surface area contributed by atoms with Gasteiger partial charge in [0.25, 0.3) is 5.91 Å². The Morgan fingerprint density at radius 1 is 1.39 bits per heavy atom. The van der Waals surface area contributed by atoms with Crippen LogP contribution >= 0.6 is 22.9 Å². The summed E-state index contributed by atoms with van der Waals surface area (Å²) in [6.45, 7) is 0. The van der Waals surface area contributed by atoms with E-state index in [1.807, 2.05) is 6.21 Å². The van der Waals surface area contributed by atoms with Gasteiger partial charge in [0.15, 0.2) is 0 Å². The number of halogens is 2. The molecule has 2 saturated carbocycles. The Balaban J connectivity index is 1.48. The minimum absolute atomic E-state index is 0.336. The Hall–Kier alpha value is -1.46. The van der Waals surface area contributed by atoms with E-state index in [1.54, 1.807) is 6.07 Å². The number of hydrogen-bond donors (Lipinski definition) is 1. The van der Waals surface area contributed by atoms with Gasteiger partial charge in [0.05, 0.1) is 5.02 Å². The van der Waals surface area contributed by atoms with E-state index in [0.29, 0.717) is 25.9 Å². The number of fused-ring (bicyclic) bond motifs is 3. The zero-order valence-electron chi connectivity index (χ0n) is 12.4. The first-order valence-electron chi connectivity index (χ1n) is 7.83. The molecule has 2 bridgehead atoms. The van der Waals surface area contributed by atoms with Crippen molar-refractivity contribution in [3.8, 4) is 0 Å². The first-order chi connectivity index (χ1) is 11.1. The summed E-state index contributed by atoms with van der Waals surface area (Å²) in [6, 6.07) is 4.33. The van der Waals surface area contributed by atoms with E-state index in [1.165, 1.54) is 49.2 Å². The number of nitrogens with zero attached hydrogens (tertiary/aromatic N) is 1. The van der Waals surface area contributed by atoms with Crippen molar-refractivity contribution in [1.82, 2.24) is 5.43 Å². The molecule has 1 amide bonds. The van der Waals surface area contributed by atoms with Crippen LogP contribution in [0.1, 0.15) is 35.4 Å². The third kappa shape index (κ3) is 2.76. The zero-order chi connectivity index (χ0) is 16.0. The van der Waals surface area contributed by atoms with Crippen molar-refractivity contribution in [2.24, 2.45) is 22.9 Å². The summed E-state index contributed by atoms with van der Waals surface area (Å²) in [7, 11) is 0. The summed E-state index contributed by atoms with van der Waals surface area (Å²) < 4.78 is 13.9. The number of carbonyl (C=O) groups is 1. The molecule has 0 radical (unpaired) electrons. The number of thiophene rings is 1.